The Hall–Kier alpha value is -2.74. The molecule has 0 spiro atoms. The van der Waals surface area contributed by atoms with E-state index in [1.165, 1.54) is 6.07 Å². The number of piperidine rings is 1. The maximum absolute atomic E-state index is 13.2. The normalized spacial score (nSPS) is 16.0. The van der Waals surface area contributed by atoms with Crippen LogP contribution in [0.25, 0.3) is 11.3 Å². The van der Waals surface area contributed by atoms with Crippen molar-refractivity contribution in [2.75, 3.05) is 19.7 Å². The molecule has 3 rings (SSSR count). The minimum atomic E-state index is -4.44. The van der Waals surface area contributed by atoms with E-state index in [0.717, 1.165) is 18.6 Å². The minimum absolute atomic E-state index is 0.0310. The van der Waals surface area contributed by atoms with Crippen LogP contribution in [0.5, 0.6) is 0 Å². The molecule has 0 bridgehead atoms. The molecule has 33 heavy (non-hydrogen) atoms. The standard InChI is InChI=1S/C25H30F3N3O2/c1-4-17(14-32)23(29)18-8-10-31(11-9-18)24(33)22-15(2)12-21(30-16(22)3)19-6-5-7-20(13-19)25(26,27)28/h5-7,12-13,17-18,29,32H,4,8-11,14H2,1-3H3/t17-/m1/s1. The van der Waals surface area contributed by atoms with Crippen LogP contribution in [-0.2, 0) is 6.18 Å². The largest absolute Gasteiger partial charge is 0.416 e. The van der Waals surface area contributed by atoms with Crippen molar-refractivity contribution in [3.8, 4) is 11.3 Å². The van der Waals surface area contributed by atoms with E-state index in [9.17, 15) is 23.1 Å². The average Bonchev–Trinajstić information content (AvgIpc) is 2.79. The van der Waals surface area contributed by atoms with E-state index >= 15 is 0 Å². The van der Waals surface area contributed by atoms with Gasteiger partial charge in [0.2, 0.25) is 0 Å². The Bertz CT molecular complexity index is 1000. The highest BCUT2D eigenvalue weighted by Crippen LogP contribution is 2.33. The molecule has 8 heteroatoms. The number of aromatic nitrogens is 1. The molecule has 2 N–H and O–H groups in total. The van der Waals surface area contributed by atoms with Crippen LogP contribution in [0.2, 0.25) is 0 Å². The first-order valence-corrected chi connectivity index (χ1v) is 11.2. The molecule has 178 valence electrons. The Labute approximate surface area is 192 Å². The number of carbonyl (C=O) groups is 1. The van der Waals surface area contributed by atoms with Crippen LogP contribution in [-0.4, -0.2) is 46.3 Å². The molecule has 0 unspecified atom stereocenters. The van der Waals surface area contributed by atoms with Gasteiger partial charge in [-0.05, 0) is 56.9 Å². The molecular weight excluding hydrogens is 431 g/mol. The Balaban J connectivity index is 1.77. The van der Waals surface area contributed by atoms with Crippen LogP contribution in [0.3, 0.4) is 0 Å². The predicted molar refractivity (Wildman–Crippen MR) is 121 cm³/mol. The molecule has 1 saturated heterocycles. The molecule has 1 amide bonds. The topological polar surface area (TPSA) is 77.3 Å². The summed E-state index contributed by atoms with van der Waals surface area (Å²) in [4.78, 5) is 19.5. The fourth-order valence-corrected chi connectivity index (χ4v) is 4.49. The van der Waals surface area contributed by atoms with Crippen molar-refractivity contribution in [3.63, 3.8) is 0 Å². The molecule has 1 fully saturated rings. The summed E-state index contributed by atoms with van der Waals surface area (Å²) in [5.74, 6) is -0.212. The van der Waals surface area contributed by atoms with Gasteiger partial charge >= 0.3 is 6.18 Å². The van der Waals surface area contributed by atoms with Crippen molar-refractivity contribution in [2.24, 2.45) is 11.8 Å². The summed E-state index contributed by atoms with van der Waals surface area (Å²) in [6.45, 7) is 6.43. The molecule has 1 aliphatic heterocycles. The highest BCUT2D eigenvalue weighted by molar-refractivity contribution is 5.97. The van der Waals surface area contributed by atoms with Crippen LogP contribution in [0.15, 0.2) is 30.3 Å². The van der Waals surface area contributed by atoms with Gasteiger partial charge in [0.1, 0.15) is 0 Å². The number of hydrogen-bond donors (Lipinski definition) is 2. The van der Waals surface area contributed by atoms with Gasteiger partial charge in [-0.1, -0.05) is 19.1 Å². The summed E-state index contributed by atoms with van der Waals surface area (Å²) in [5, 5.41) is 17.8. The monoisotopic (exact) mass is 461 g/mol. The molecule has 1 aromatic carbocycles. The van der Waals surface area contributed by atoms with Crippen LogP contribution in [0, 0.1) is 31.1 Å². The summed E-state index contributed by atoms with van der Waals surface area (Å²) in [7, 11) is 0. The summed E-state index contributed by atoms with van der Waals surface area (Å²) in [6.07, 6.45) is -2.37. The van der Waals surface area contributed by atoms with E-state index in [0.29, 0.717) is 59.7 Å². The third-order valence-corrected chi connectivity index (χ3v) is 6.47. The van der Waals surface area contributed by atoms with Crippen LogP contribution >= 0.6 is 0 Å². The number of benzene rings is 1. The van der Waals surface area contributed by atoms with E-state index in [2.05, 4.69) is 4.98 Å². The number of nitrogens with one attached hydrogen (secondary N) is 1. The SMILES string of the molecule is CC[C@H](CO)C(=N)C1CCN(C(=O)c2c(C)cc(-c3cccc(C(F)(F)F)c3)nc2C)CC1. The van der Waals surface area contributed by atoms with Crippen molar-refractivity contribution >= 4 is 11.6 Å². The Morgan fingerprint density at radius 1 is 1.24 bits per heavy atom. The molecule has 1 aromatic heterocycles. The maximum atomic E-state index is 13.2. The molecular formula is C25H30F3N3O2. The quantitative estimate of drug-likeness (QED) is 0.575. The van der Waals surface area contributed by atoms with Gasteiger partial charge in [0.15, 0.2) is 0 Å². The molecule has 2 heterocycles. The fourth-order valence-electron chi connectivity index (χ4n) is 4.49. The lowest BCUT2D eigenvalue weighted by Gasteiger charge is -2.34. The number of hydrogen-bond acceptors (Lipinski definition) is 4. The van der Waals surface area contributed by atoms with E-state index in [-0.39, 0.29) is 24.3 Å². The van der Waals surface area contributed by atoms with Gasteiger partial charge in [0.05, 0.1) is 29.1 Å². The van der Waals surface area contributed by atoms with Crippen molar-refractivity contribution in [1.82, 2.24) is 9.88 Å². The highest BCUT2D eigenvalue weighted by Gasteiger charge is 2.32. The second-order valence-corrected chi connectivity index (χ2v) is 8.67. The van der Waals surface area contributed by atoms with E-state index < -0.39 is 11.7 Å². The fraction of sp³-hybridized carbons (Fsp3) is 0.480. The van der Waals surface area contributed by atoms with E-state index in [1.807, 2.05) is 6.92 Å². The molecule has 1 atom stereocenters. The number of amides is 1. The van der Waals surface area contributed by atoms with Crippen molar-refractivity contribution in [1.29, 1.82) is 5.41 Å². The summed E-state index contributed by atoms with van der Waals surface area (Å²) >= 11 is 0. The number of pyridine rings is 1. The molecule has 2 aromatic rings. The third-order valence-electron chi connectivity index (χ3n) is 6.47. The number of rotatable bonds is 6. The molecule has 1 aliphatic rings. The van der Waals surface area contributed by atoms with E-state index in [4.69, 9.17) is 5.41 Å². The molecule has 0 saturated carbocycles. The van der Waals surface area contributed by atoms with Gasteiger partial charge in [0, 0.05) is 36.2 Å². The number of carbonyl (C=O) groups excluding carboxylic acids is 1. The van der Waals surface area contributed by atoms with Gasteiger partial charge in [0.25, 0.3) is 5.91 Å². The Morgan fingerprint density at radius 3 is 2.45 bits per heavy atom. The van der Waals surface area contributed by atoms with Crippen LogP contribution in [0.4, 0.5) is 13.2 Å². The minimum Gasteiger partial charge on any atom is -0.396 e. The van der Waals surface area contributed by atoms with Crippen LogP contribution in [0.1, 0.15) is 53.4 Å². The first-order valence-electron chi connectivity index (χ1n) is 11.2. The zero-order valence-electron chi connectivity index (χ0n) is 19.2. The first kappa shape index (κ1) is 24.9. The van der Waals surface area contributed by atoms with Gasteiger partial charge in [-0.3, -0.25) is 9.78 Å². The van der Waals surface area contributed by atoms with Crippen LogP contribution < -0.4 is 0 Å². The lowest BCUT2D eigenvalue weighted by molar-refractivity contribution is -0.137. The zero-order chi connectivity index (χ0) is 24.3. The van der Waals surface area contributed by atoms with Crippen molar-refractivity contribution in [2.45, 2.75) is 46.2 Å². The predicted octanol–water partition coefficient (Wildman–Crippen LogP) is 5.27. The number of nitrogens with zero attached hydrogens (tertiary/aromatic N) is 2. The lowest BCUT2D eigenvalue weighted by Crippen LogP contribution is -2.42. The maximum Gasteiger partial charge on any atom is 0.416 e. The number of halogens is 3. The zero-order valence-corrected chi connectivity index (χ0v) is 19.2. The van der Waals surface area contributed by atoms with Gasteiger partial charge < -0.3 is 15.4 Å². The number of alkyl halides is 3. The number of aliphatic hydroxyl groups is 1. The lowest BCUT2D eigenvalue weighted by atomic mass is 9.84. The second-order valence-electron chi connectivity index (χ2n) is 8.67. The average molecular weight is 462 g/mol. The number of aliphatic hydroxyl groups excluding tert-OH is 1. The Morgan fingerprint density at radius 2 is 1.91 bits per heavy atom. The van der Waals surface area contributed by atoms with Gasteiger partial charge in [-0.25, -0.2) is 0 Å². The smallest absolute Gasteiger partial charge is 0.396 e. The Kier molecular flexibility index (Phi) is 7.57. The van der Waals surface area contributed by atoms with Crippen molar-refractivity contribution < 1.29 is 23.1 Å². The highest BCUT2D eigenvalue weighted by atomic mass is 19.4. The third kappa shape index (κ3) is 5.43. The molecule has 0 radical (unpaired) electrons. The number of likely N-dealkylation sites (tertiary alicyclic amines) is 1. The summed E-state index contributed by atoms with van der Waals surface area (Å²) < 4.78 is 39.3. The second kappa shape index (κ2) is 10.0. The van der Waals surface area contributed by atoms with Gasteiger partial charge in [-0.15, -0.1) is 0 Å². The molecule has 5 nitrogen and oxygen atoms in total. The van der Waals surface area contributed by atoms with E-state index in [1.54, 1.807) is 30.9 Å². The van der Waals surface area contributed by atoms with Gasteiger partial charge in [-0.2, -0.15) is 13.2 Å². The number of aryl methyl sites for hydroxylation is 2. The first-order chi connectivity index (χ1) is 15.6. The summed E-state index contributed by atoms with van der Waals surface area (Å²) in [6, 6.07) is 6.68. The summed E-state index contributed by atoms with van der Waals surface area (Å²) in [5.41, 5.74) is 2.19. The molecule has 0 aliphatic carbocycles. The van der Waals surface area contributed by atoms with Crippen molar-refractivity contribution in [3.05, 3.63) is 52.7 Å².